The average molecular weight is 528 g/mol. The number of unbranched alkanes of at least 4 members (excludes halogenated alkanes) is 2. The topological polar surface area (TPSA) is 83.9 Å². The van der Waals surface area contributed by atoms with Crippen LogP contribution in [0.25, 0.3) is 0 Å². The summed E-state index contributed by atoms with van der Waals surface area (Å²) in [5, 5.41) is 13.5. The van der Waals surface area contributed by atoms with E-state index in [2.05, 4.69) is 18.3 Å². The number of pyridine rings is 1. The highest BCUT2D eigenvalue weighted by molar-refractivity contribution is 5.77. The summed E-state index contributed by atoms with van der Waals surface area (Å²) in [6.07, 6.45) is 7.03. The number of halogens is 1. The van der Waals surface area contributed by atoms with Crippen LogP contribution >= 0.6 is 0 Å². The molecule has 1 aromatic heterocycles. The third-order valence-corrected chi connectivity index (χ3v) is 7.76. The molecular weight excluding hydrogens is 485 g/mol. The fourth-order valence-corrected chi connectivity index (χ4v) is 5.66. The van der Waals surface area contributed by atoms with E-state index >= 15 is 0 Å². The Hall–Kier alpha value is -2.71. The lowest BCUT2D eigenvalue weighted by atomic mass is 9.95. The molecule has 0 bridgehead atoms. The number of anilines is 1. The number of ether oxygens (including phenoxy) is 2. The van der Waals surface area contributed by atoms with Crippen LogP contribution in [0.15, 0.2) is 18.2 Å². The Labute approximate surface area is 225 Å². The van der Waals surface area contributed by atoms with Crippen LogP contribution in [0.5, 0.6) is 5.75 Å². The molecule has 2 aliphatic rings. The predicted octanol–water partition coefficient (Wildman–Crippen LogP) is 5.65. The van der Waals surface area contributed by atoms with E-state index in [4.69, 9.17) is 14.5 Å². The molecule has 1 saturated heterocycles. The van der Waals surface area contributed by atoms with Crippen LogP contribution in [-0.2, 0) is 22.4 Å². The Balaban J connectivity index is 1.26. The molecular formula is C30H42FN3O4. The number of carboxylic acids is 1. The molecule has 0 radical (unpaired) electrons. The van der Waals surface area contributed by atoms with Crippen LogP contribution in [0, 0.1) is 12.7 Å². The van der Waals surface area contributed by atoms with E-state index in [0.717, 1.165) is 62.1 Å². The van der Waals surface area contributed by atoms with Crippen LogP contribution in [0.2, 0.25) is 0 Å². The number of hydrogen-bond acceptors (Lipinski definition) is 6. The van der Waals surface area contributed by atoms with E-state index in [-0.39, 0.29) is 17.8 Å². The summed E-state index contributed by atoms with van der Waals surface area (Å²) in [5.74, 6) is -0.390. The summed E-state index contributed by atoms with van der Waals surface area (Å²) < 4.78 is 26.2. The normalized spacial score (nSPS) is 18.3. The summed E-state index contributed by atoms with van der Waals surface area (Å²) in [6.45, 7) is 8.83. The first-order valence-corrected chi connectivity index (χ1v) is 14.0. The first kappa shape index (κ1) is 28.3. The van der Waals surface area contributed by atoms with Crippen molar-refractivity contribution in [3.05, 3.63) is 52.0 Å². The standard InChI is InChI=1S/C30H42FN3O4/c1-19(2)21-16-25(28(37-4)26(31)17-21)27(30(35)36)34-13-11-23(18-34)38-14-7-5-6-9-22-15-20(3)24-10-8-12-32-29(24)33-22/h15-17,19,23,27H,5-14,18H2,1-4H3,(H,32,33)(H,35,36)/t23-,27-/m1/s1. The third kappa shape index (κ3) is 6.64. The van der Waals surface area contributed by atoms with Crippen molar-refractivity contribution in [1.29, 1.82) is 0 Å². The smallest absolute Gasteiger partial charge is 0.325 e. The van der Waals surface area contributed by atoms with E-state index in [1.54, 1.807) is 6.07 Å². The van der Waals surface area contributed by atoms with Crippen molar-refractivity contribution in [3.8, 4) is 5.75 Å². The second-order valence-electron chi connectivity index (χ2n) is 10.9. The predicted molar refractivity (Wildman–Crippen MR) is 147 cm³/mol. The zero-order chi connectivity index (χ0) is 27.2. The monoisotopic (exact) mass is 527 g/mol. The molecule has 0 amide bonds. The number of likely N-dealkylation sites (tertiary alicyclic amines) is 1. The highest BCUT2D eigenvalue weighted by Crippen LogP contribution is 2.37. The van der Waals surface area contributed by atoms with Crippen LogP contribution in [-0.4, -0.2) is 60.4 Å². The maximum Gasteiger partial charge on any atom is 0.325 e. The summed E-state index contributed by atoms with van der Waals surface area (Å²) in [6, 6.07) is 4.45. The molecule has 2 N–H and O–H groups in total. The number of carboxylic acid groups (broad SMARTS) is 1. The van der Waals surface area contributed by atoms with Crippen molar-refractivity contribution < 1.29 is 23.8 Å². The van der Waals surface area contributed by atoms with Crippen LogP contribution < -0.4 is 10.1 Å². The quantitative estimate of drug-likeness (QED) is 0.345. The van der Waals surface area contributed by atoms with Crippen molar-refractivity contribution in [1.82, 2.24) is 9.88 Å². The summed E-state index contributed by atoms with van der Waals surface area (Å²) >= 11 is 0. The molecule has 2 aliphatic heterocycles. The van der Waals surface area contributed by atoms with Gasteiger partial charge in [0.25, 0.3) is 0 Å². The number of nitrogens with zero attached hydrogens (tertiary/aromatic N) is 2. The van der Waals surface area contributed by atoms with Gasteiger partial charge in [0.05, 0.1) is 13.2 Å². The van der Waals surface area contributed by atoms with Gasteiger partial charge in [0, 0.05) is 37.5 Å². The van der Waals surface area contributed by atoms with Gasteiger partial charge in [-0.3, -0.25) is 9.69 Å². The molecule has 38 heavy (non-hydrogen) atoms. The minimum Gasteiger partial charge on any atom is -0.493 e. The van der Waals surface area contributed by atoms with Gasteiger partial charge in [-0.05, 0) is 86.3 Å². The van der Waals surface area contributed by atoms with E-state index in [9.17, 15) is 14.3 Å². The maximum atomic E-state index is 14.8. The number of aliphatic carboxylic acids is 1. The summed E-state index contributed by atoms with van der Waals surface area (Å²) in [5.41, 5.74) is 4.97. The first-order chi connectivity index (χ1) is 18.3. The number of benzene rings is 1. The summed E-state index contributed by atoms with van der Waals surface area (Å²) in [7, 11) is 1.38. The van der Waals surface area contributed by atoms with Crippen molar-refractivity contribution in [2.45, 2.75) is 83.8 Å². The van der Waals surface area contributed by atoms with Crippen LogP contribution in [0.1, 0.15) is 85.9 Å². The first-order valence-electron chi connectivity index (χ1n) is 14.0. The minimum atomic E-state index is -1.01. The molecule has 0 spiro atoms. The second-order valence-corrected chi connectivity index (χ2v) is 10.9. The van der Waals surface area contributed by atoms with Gasteiger partial charge >= 0.3 is 5.97 Å². The third-order valence-electron chi connectivity index (χ3n) is 7.76. The van der Waals surface area contributed by atoms with Crippen molar-refractivity contribution >= 4 is 11.8 Å². The number of rotatable bonds is 12. The Bertz CT molecular complexity index is 1120. The van der Waals surface area contributed by atoms with Gasteiger partial charge in [-0.1, -0.05) is 20.3 Å². The zero-order valence-corrected chi connectivity index (χ0v) is 23.2. The largest absolute Gasteiger partial charge is 0.493 e. The van der Waals surface area contributed by atoms with Gasteiger partial charge in [0.2, 0.25) is 0 Å². The lowest BCUT2D eigenvalue weighted by molar-refractivity contribution is -0.143. The highest BCUT2D eigenvalue weighted by Gasteiger charge is 2.36. The van der Waals surface area contributed by atoms with Gasteiger partial charge in [0.1, 0.15) is 11.9 Å². The Morgan fingerprint density at radius 2 is 2.08 bits per heavy atom. The molecule has 2 aromatic rings. The van der Waals surface area contributed by atoms with E-state index in [0.29, 0.717) is 25.3 Å². The number of aryl methyl sites for hydroxylation is 2. The molecule has 8 heteroatoms. The van der Waals surface area contributed by atoms with Gasteiger partial charge in [-0.25, -0.2) is 9.37 Å². The molecule has 3 heterocycles. The number of nitrogens with one attached hydrogen (secondary N) is 1. The molecule has 0 saturated carbocycles. The maximum absolute atomic E-state index is 14.8. The van der Waals surface area contributed by atoms with Crippen molar-refractivity contribution in [3.63, 3.8) is 0 Å². The highest BCUT2D eigenvalue weighted by atomic mass is 19.1. The molecule has 0 aliphatic carbocycles. The zero-order valence-electron chi connectivity index (χ0n) is 23.2. The number of aromatic nitrogens is 1. The van der Waals surface area contributed by atoms with Gasteiger partial charge < -0.3 is 19.9 Å². The van der Waals surface area contributed by atoms with Gasteiger partial charge in [-0.15, -0.1) is 0 Å². The molecule has 208 valence electrons. The summed E-state index contributed by atoms with van der Waals surface area (Å²) in [4.78, 5) is 19.0. The van der Waals surface area contributed by atoms with Crippen LogP contribution in [0.3, 0.4) is 0 Å². The van der Waals surface area contributed by atoms with E-state index < -0.39 is 17.8 Å². The van der Waals surface area contributed by atoms with Crippen molar-refractivity contribution in [2.24, 2.45) is 0 Å². The molecule has 1 aromatic carbocycles. The fraction of sp³-hybridized carbons (Fsp3) is 0.600. The molecule has 7 nitrogen and oxygen atoms in total. The fourth-order valence-electron chi connectivity index (χ4n) is 5.66. The van der Waals surface area contributed by atoms with E-state index in [1.165, 1.54) is 30.7 Å². The molecule has 4 rings (SSSR count). The molecule has 1 fully saturated rings. The number of methoxy groups -OCH3 is 1. The van der Waals surface area contributed by atoms with Crippen LogP contribution in [0.4, 0.5) is 10.2 Å². The second kappa shape index (κ2) is 12.9. The average Bonchev–Trinajstić information content (AvgIpc) is 3.34. The number of carbonyl (C=O) groups is 1. The van der Waals surface area contributed by atoms with E-state index in [1.807, 2.05) is 18.7 Å². The minimum absolute atomic E-state index is 0.00515. The SMILES string of the molecule is COc1c(F)cc(C(C)C)cc1[C@H](C(=O)O)N1CC[C@@H](OCCCCCc2cc(C)c3c(n2)NCCC3)C1. The lowest BCUT2D eigenvalue weighted by Gasteiger charge is -2.27. The lowest BCUT2D eigenvalue weighted by Crippen LogP contribution is -2.34. The molecule has 2 atom stereocenters. The Kier molecular flexibility index (Phi) is 9.60. The number of fused-ring (bicyclic) bond motifs is 1. The molecule has 0 unspecified atom stereocenters. The Morgan fingerprint density at radius 1 is 1.26 bits per heavy atom. The van der Waals surface area contributed by atoms with Crippen molar-refractivity contribution in [2.75, 3.05) is 38.7 Å². The van der Waals surface area contributed by atoms with Gasteiger partial charge in [-0.2, -0.15) is 0 Å². The number of hydrogen-bond donors (Lipinski definition) is 2. The van der Waals surface area contributed by atoms with Gasteiger partial charge in [0.15, 0.2) is 11.6 Å². The Morgan fingerprint density at radius 3 is 2.82 bits per heavy atom.